The minimum absolute atomic E-state index is 0.0648. The largest absolute Gasteiger partial charge is 0.333 e. The molecule has 0 unspecified atom stereocenters. The maximum absolute atomic E-state index is 10.8. The number of hydrogen-bond acceptors (Lipinski definition) is 4. The smallest absolute Gasteiger partial charge is 0.333 e. The molecule has 17 heavy (non-hydrogen) atoms. The van der Waals surface area contributed by atoms with Gasteiger partial charge in [-0.2, -0.15) is 0 Å². The van der Waals surface area contributed by atoms with E-state index in [4.69, 9.17) is 11.6 Å². The van der Waals surface area contributed by atoms with E-state index in [1.165, 1.54) is 0 Å². The summed E-state index contributed by atoms with van der Waals surface area (Å²) in [6, 6.07) is 6.88. The third-order valence-electron chi connectivity index (χ3n) is 2.18. The summed E-state index contributed by atoms with van der Waals surface area (Å²) in [5, 5.41) is 20.6. The average molecular weight is 253 g/mol. The van der Waals surface area contributed by atoms with Gasteiger partial charge >= 0.3 is 5.69 Å². The van der Waals surface area contributed by atoms with E-state index >= 15 is 0 Å². The molecule has 0 bridgehead atoms. The van der Waals surface area contributed by atoms with Crippen LogP contribution in [0.1, 0.15) is 5.69 Å². The SMILES string of the molecule is Cc1[nH]nc(Nc2cccc(Cl)c2)c1[N+](=O)[O-]. The number of halogens is 1. The van der Waals surface area contributed by atoms with Crippen LogP contribution in [0.2, 0.25) is 5.02 Å². The van der Waals surface area contributed by atoms with Crippen molar-refractivity contribution in [1.82, 2.24) is 10.2 Å². The van der Waals surface area contributed by atoms with Crippen LogP contribution in [-0.2, 0) is 0 Å². The van der Waals surface area contributed by atoms with Crippen molar-refractivity contribution >= 4 is 28.8 Å². The second-order valence-corrected chi connectivity index (χ2v) is 3.87. The van der Waals surface area contributed by atoms with Crippen molar-refractivity contribution in [3.63, 3.8) is 0 Å². The Hall–Kier alpha value is -2.08. The first-order valence-electron chi connectivity index (χ1n) is 4.80. The standard InChI is InChI=1S/C10H9ClN4O2/c1-6-9(15(16)17)10(14-13-6)12-8-4-2-3-7(11)5-8/h2-5H,1H3,(H2,12,13,14). The Morgan fingerprint density at radius 1 is 1.53 bits per heavy atom. The molecule has 0 radical (unpaired) electrons. The van der Waals surface area contributed by atoms with Crippen LogP contribution in [0.3, 0.4) is 0 Å². The highest BCUT2D eigenvalue weighted by Crippen LogP contribution is 2.28. The number of aromatic amines is 1. The Labute approximate surface area is 102 Å². The molecule has 1 aromatic heterocycles. The molecule has 6 nitrogen and oxygen atoms in total. The van der Waals surface area contributed by atoms with Crippen LogP contribution < -0.4 is 5.32 Å². The Morgan fingerprint density at radius 2 is 2.29 bits per heavy atom. The van der Waals surface area contributed by atoms with Crippen molar-refractivity contribution in [3.8, 4) is 0 Å². The van der Waals surface area contributed by atoms with Gasteiger partial charge in [0.05, 0.1) is 4.92 Å². The molecular formula is C10H9ClN4O2. The number of benzene rings is 1. The number of hydrogen-bond donors (Lipinski definition) is 2. The molecular weight excluding hydrogens is 244 g/mol. The second-order valence-electron chi connectivity index (χ2n) is 3.44. The molecule has 1 aromatic carbocycles. The summed E-state index contributed by atoms with van der Waals surface area (Å²) in [5.74, 6) is 0.176. The van der Waals surface area contributed by atoms with E-state index in [1.807, 2.05) is 0 Å². The molecule has 0 saturated heterocycles. The Kier molecular flexibility index (Phi) is 2.97. The van der Waals surface area contributed by atoms with Gasteiger partial charge in [-0.15, -0.1) is 5.10 Å². The third kappa shape index (κ3) is 2.36. The quantitative estimate of drug-likeness (QED) is 0.650. The first-order chi connectivity index (χ1) is 8.08. The lowest BCUT2D eigenvalue weighted by molar-refractivity contribution is -0.384. The molecule has 7 heteroatoms. The lowest BCUT2D eigenvalue weighted by atomic mass is 10.3. The van der Waals surface area contributed by atoms with E-state index in [0.717, 1.165) is 0 Å². The Morgan fingerprint density at radius 3 is 2.94 bits per heavy atom. The molecule has 0 aliphatic heterocycles. The maximum Gasteiger partial charge on any atom is 0.333 e. The number of rotatable bonds is 3. The van der Waals surface area contributed by atoms with Crippen LogP contribution in [0.4, 0.5) is 17.2 Å². The van der Waals surface area contributed by atoms with Crippen molar-refractivity contribution in [3.05, 3.63) is 45.1 Å². The first-order valence-corrected chi connectivity index (χ1v) is 5.17. The molecule has 0 aliphatic rings. The van der Waals surface area contributed by atoms with Crippen LogP contribution >= 0.6 is 11.6 Å². The van der Waals surface area contributed by atoms with Crippen LogP contribution in [-0.4, -0.2) is 15.1 Å². The van der Waals surface area contributed by atoms with Gasteiger partial charge in [0.15, 0.2) is 0 Å². The van der Waals surface area contributed by atoms with Crippen LogP contribution in [0, 0.1) is 17.0 Å². The number of nitrogens with zero attached hydrogens (tertiary/aromatic N) is 2. The fourth-order valence-electron chi connectivity index (χ4n) is 1.44. The monoisotopic (exact) mass is 252 g/mol. The molecule has 2 N–H and O–H groups in total. The number of H-pyrrole nitrogens is 1. The second kappa shape index (κ2) is 4.42. The molecule has 88 valence electrons. The predicted octanol–water partition coefficient (Wildman–Crippen LogP) is 3.02. The molecule has 1 heterocycles. The van der Waals surface area contributed by atoms with Gasteiger partial charge in [-0.3, -0.25) is 15.2 Å². The summed E-state index contributed by atoms with van der Waals surface area (Å²) in [6.45, 7) is 1.59. The van der Waals surface area contributed by atoms with E-state index in [9.17, 15) is 10.1 Å². The van der Waals surface area contributed by atoms with Gasteiger partial charge < -0.3 is 5.32 Å². The van der Waals surface area contributed by atoms with Crippen molar-refractivity contribution in [1.29, 1.82) is 0 Å². The maximum atomic E-state index is 10.8. The van der Waals surface area contributed by atoms with Gasteiger partial charge in [0, 0.05) is 10.7 Å². The summed E-state index contributed by atoms with van der Waals surface area (Å²) in [7, 11) is 0. The van der Waals surface area contributed by atoms with Crippen LogP contribution in [0.25, 0.3) is 0 Å². The molecule has 0 spiro atoms. The highest BCUT2D eigenvalue weighted by atomic mass is 35.5. The Balaban J connectivity index is 2.33. The first kappa shape index (κ1) is 11.4. The minimum atomic E-state index is -0.480. The molecule has 0 atom stereocenters. The van der Waals surface area contributed by atoms with E-state index < -0.39 is 4.92 Å². The number of nitro groups is 1. The minimum Gasteiger partial charge on any atom is -0.333 e. The summed E-state index contributed by atoms with van der Waals surface area (Å²) in [6.07, 6.45) is 0. The van der Waals surface area contributed by atoms with Crippen molar-refractivity contribution in [2.45, 2.75) is 6.92 Å². The van der Waals surface area contributed by atoms with E-state index in [2.05, 4.69) is 15.5 Å². The Bertz CT molecular complexity index is 567. The summed E-state index contributed by atoms with van der Waals surface area (Å²) >= 11 is 5.82. The van der Waals surface area contributed by atoms with Gasteiger partial charge in [0.2, 0.25) is 5.82 Å². The molecule has 0 amide bonds. The number of aryl methyl sites for hydroxylation is 1. The van der Waals surface area contributed by atoms with Gasteiger partial charge in [-0.05, 0) is 25.1 Å². The lowest BCUT2D eigenvalue weighted by Gasteiger charge is -2.02. The molecule has 2 aromatic rings. The normalized spacial score (nSPS) is 10.2. The topological polar surface area (TPSA) is 83.8 Å². The number of anilines is 2. The zero-order chi connectivity index (χ0) is 12.4. The number of nitrogens with one attached hydrogen (secondary N) is 2. The zero-order valence-electron chi connectivity index (χ0n) is 8.90. The van der Waals surface area contributed by atoms with Gasteiger partial charge in [-0.1, -0.05) is 17.7 Å². The fourth-order valence-corrected chi connectivity index (χ4v) is 1.63. The predicted molar refractivity (Wildman–Crippen MR) is 64.7 cm³/mol. The highest BCUT2D eigenvalue weighted by Gasteiger charge is 2.21. The average Bonchev–Trinajstić information content (AvgIpc) is 2.59. The summed E-state index contributed by atoms with van der Waals surface area (Å²) in [4.78, 5) is 10.4. The third-order valence-corrected chi connectivity index (χ3v) is 2.42. The molecule has 0 saturated carbocycles. The highest BCUT2D eigenvalue weighted by molar-refractivity contribution is 6.30. The van der Waals surface area contributed by atoms with Crippen molar-refractivity contribution in [2.75, 3.05) is 5.32 Å². The lowest BCUT2D eigenvalue weighted by Crippen LogP contribution is -1.96. The van der Waals surface area contributed by atoms with E-state index in [1.54, 1.807) is 31.2 Å². The molecule has 2 rings (SSSR count). The van der Waals surface area contributed by atoms with Crippen LogP contribution in [0.15, 0.2) is 24.3 Å². The number of aromatic nitrogens is 2. The molecule has 0 fully saturated rings. The van der Waals surface area contributed by atoms with Crippen molar-refractivity contribution < 1.29 is 4.92 Å². The van der Waals surface area contributed by atoms with Crippen LogP contribution in [0.5, 0.6) is 0 Å². The van der Waals surface area contributed by atoms with Gasteiger partial charge in [0.25, 0.3) is 0 Å². The summed E-state index contributed by atoms with van der Waals surface area (Å²) < 4.78 is 0. The van der Waals surface area contributed by atoms with Gasteiger partial charge in [0.1, 0.15) is 5.69 Å². The zero-order valence-corrected chi connectivity index (χ0v) is 9.65. The fraction of sp³-hybridized carbons (Fsp3) is 0.100. The molecule has 0 aliphatic carbocycles. The van der Waals surface area contributed by atoms with Crippen molar-refractivity contribution in [2.24, 2.45) is 0 Å². The van der Waals surface area contributed by atoms with E-state index in [0.29, 0.717) is 16.4 Å². The summed E-state index contributed by atoms with van der Waals surface area (Å²) in [5.41, 5.74) is 0.983. The van der Waals surface area contributed by atoms with Gasteiger partial charge in [-0.25, -0.2) is 0 Å². The van der Waals surface area contributed by atoms with E-state index in [-0.39, 0.29) is 11.5 Å².